The fourth-order valence-corrected chi connectivity index (χ4v) is 4.75. The summed E-state index contributed by atoms with van der Waals surface area (Å²) in [6, 6.07) is 27.0. The highest BCUT2D eigenvalue weighted by Crippen LogP contribution is 2.20. The molecule has 0 aliphatic rings. The quantitative estimate of drug-likeness (QED) is 0.112. The fourth-order valence-electron chi connectivity index (χ4n) is 4.62. The Morgan fingerprint density at radius 1 is 0.714 bits per heavy atom. The molecule has 0 spiro atoms. The van der Waals surface area contributed by atoms with Crippen LogP contribution in [0.5, 0.6) is 0 Å². The summed E-state index contributed by atoms with van der Waals surface area (Å²) in [6.45, 7) is 6.21. The third kappa shape index (κ3) is 10.9. The number of aliphatic hydroxyl groups is 2. The Hall–Kier alpha value is -3.21. The maximum atomic E-state index is 10.7. The third-order valence-corrected chi connectivity index (χ3v) is 7.31. The van der Waals surface area contributed by atoms with Crippen molar-refractivity contribution in [2.45, 2.75) is 38.3 Å². The standard InChI is InChI=1S/C33H41ClN6O2/c34-29-13-11-28(12-14-29)33(42)32(25-41)39-21-26-7-9-27(10-8-26)24-40(19-17-35-22-30-5-1-3-15-37-30)20-18-36-23-31-6-2-4-16-38-31/h1-16,32-33,35-36,39,41-42H,17-25H2/t32-,33+/m0/s1. The molecular weight excluding hydrogens is 548 g/mol. The number of hydrogen-bond acceptors (Lipinski definition) is 8. The van der Waals surface area contributed by atoms with Crippen molar-refractivity contribution in [3.8, 4) is 0 Å². The molecular formula is C33H41ClN6O2. The second-order valence-corrected chi connectivity index (χ2v) is 10.7. The van der Waals surface area contributed by atoms with Crippen molar-refractivity contribution in [2.24, 2.45) is 0 Å². The molecule has 4 rings (SSSR count). The zero-order valence-corrected chi connectivity index (χ0v) is 24.6. The van der Waals surface area contributed by atoms with Crippen molar-refractivity contribution in [1.29, 1.82) is 0 Å². The number of pyridine rings is 2. The minimum Gasteiger partial charge on any atom is -0.395 e. The minimum absolute atomic E-state index is 0.181. The lowest BCUT2D eigenvalue weighted by Gasteiger charge is -2.24. The average molecular weight is 589 g/mol. The number of aliphatic hydroxyl groups excluding tert-OH is 2. The largest absolute Gasteiger partial charge is 0.395 e. The summed E-state index contributed by atoms with van der Waals surface area (Å²) in [7, 11) is 0. The molecule has 222 valence electrons. The van der Waals surface area contributed by atoms with Crippen LogP contribution in [0.3, 0.4) is 0 Å². The van der Waals surface area contributed by atoms with E-state index in [1.54, 1.807) is 24.3 Å². The second kappa shape index (κ2) is 17.7. The van der Waals surface area contributed by atoms with Crippen molar-refractivity contribution in [2.75, 3.05) is 32.8 Å². The highest BCUT2D eigenvalue weighted by Gasteiger charge is 2.19. The van der Waals surface area contributed by atoms with E-state index in [1.807, 2.05) is 48.8 Å². The Balaban J connectivity index is 1.27. The number of rotatable bonds is 18. The van der Waals surface area contributed by atoms with Gasteiger partial charge in [-0.3, -0.25) is 14.9 Å². The number of nitrogens with one attached hydrogen (secondary N) is 3. The Labute approximate surface area is 253 Å². The Morgan fingerprint density at radius 3 is 1.81 bits per heavy atom. The number of nitrogens with zero attached hydrogens (tertiary/aromatic N) is 3. The van der Waals surface area contributed by atoms with Crippen molar-refractivity contribution < 1.29 is 10.2 Å². The van der Waals surface area contributed by atoms with Gasteiger partial charge >= 0.3 is 0 Å². The number of hydrogen-bond donors (Lipinski definition) is 5. The summed E-state index contributed by atoms with van der Waals surface area (Å²) in [6.07, 6.45) is 2.81. The molecule has 0 saturated carbocycles. The van der Waals surface area contributed by atoms with E-state index in [4.69, 9.17) is 11.6 Å². The lowest BCUT2D eigenvalue weighted by molar-refractivity contribution is 0.0892. The van der Waals surface area contributed by atoms with Crippen molar-refractivity contribution >= 4 is 11.6 Å². The van der Waals surface area contributed by atoms with E-state index in [-0.39, 0.29) is 6.61 Å². The summed E-state index contributed by atoms with van der Waals surface area (Å²) in [5.74, 6) is 0. The number of aromatic nitrogens is 2. The summed E-state index contributed by atoms with van der Waals surface area (Å²) >= 11 is 5.96. The fraction of sp³-hybridized carbons (Fsp3) is 0.333. The van der Waals surface area contributed by atoms with Crippen LogP contribution in [-0.4, -0.2) is 63.9 Å². The lowest BCUT2D eigenvalue weighted by Crippen LogP contribution is -2.37. The van der Waals surface area contributed by atoms with E-state index < -0.39 is 12.1 Å². The van der Waals surface area contributed by atoms with Gasteiger partial charge in [0.25, 0.3) is 0 Å². The molecule has 0 saturated heterocycles. The van der Waals surface area contributed by atoms with Gasteiger partial charge < -0.3 is 26.2 Å². The van der Waals surface area contributed by atoms with Gasteiger partial charge in [0.2, 0.25) is 0 Å². The third-order valence-electron chi connectivity index (χ3n) is 7.06. The van der Waals surface area contributed by atoms with Crippen LogP contribution in [0.25, 0.3) is 0 Å². The molecule has 0 unspecified atom stereocenters. The number of halogens is 1. The van der Waals surface area contributed by atoms with E-state index in [0.29, 0.717) is 17.1 Å². The van der Waals surface area contributed by atoms with E-state index in [0.717, 1.165) is 62.8 Å². The molecule has 8 nitrogen and oxygen atoms in total. The molecule has 4 aromatic rings. The first kappa shape index (κ1) is 31.7. The molecule has 42 heavy (non-hydrogen) atoms. The first-order chi connectivity index (χ1) is 20.6. The molecule has 0 aliphatic heterocycles. The van der Waals surface area contributed by atoms with Gasteiger partial charge in [-0.1, -0.05) is 60.1 Å². The zero-order chi connectivity index (χ0) is 29.4. The smallest absolute Gasteiger partial charge is 0.0965 e. The average Bonchev–Trinajstić information content (AvgIpc) is 3.03. The molecule has 2 aromatic heterocycles. The second-order valence-electron chi connectivity index (χ2n) is 10.3. The molecule has 0 fully saturated rings. The first-order valence-corrected chi connectivity index (χ1v) is 14.8. The maximum absolute atomic E-state index is 10.7. The molecule has 0 aliphatic carbocycles. The van der Waals surface area contributed by atoms with Crippen molar-refractivity contribution in [3.63, 3.8) is 0 Å². The Bertz CT molecular complexity index is 1230. The predicted octanol–water partition coefficient (Wildman–Crippen LogP) is 3.70. The van der Waals surface area contributed by atoms with Crippen molar-refractivity contribution in [1.82, 2.24) is 30.8 Å². The van der Waals surface area contributed by atoms with Crippen LogP contribution >= 0.6 is 11.6 Å². The van der Waals surface area contributed by atoms with Crippen LogP contribution in [0.2, 0.25) is 5.02 Å². The maximum Gasteiger partial charge on any atom is 0.0965 e. The molecule has 9 heteroatoms. The monoisotopic (exact) mass is 588 g/mol. The van der Waals surface area contributed by atoms with Gasteiger partial charge in [0.1, 0.15) is 0 Å². The SMILES string of the molecule is OC[C@H](NCc1ccc(CN(CCNCc2ccccn2)CCNCc2ccccn2)cc1)[C@H](O)c1ccc(Cl)cc1. The Morgan fingerprint density at radius 2 is 1.29 bits per heavy atom. The van der Waals surface area contributed by atoms with Gasteiger partial charge in [-0.15, -0.1) is 0 Å². The van der Waals surface area contributed by atoms with Crippen LogP contribution in [0.4, 0.5) is 0 Å². The predicted molar refractivity (Wildman–Crippen MR) is 168 cm³/mol. The minimum atomic E-state index is -0.835. The first-order valence-electron chi connectivity index (χ1n) is 14.4. The zero-order valence-electron chi connectivity index (χ0n) is 23.9. The van der Waals surface area contributed by atoms with Gasteiger partial charge in [0, 0.05) is 69.8 Å². The van der Waals surface area contributed by atoms with Gasteiger partial charge in [0.15, 0.2) is 0 Å². The summed E-state index contributed by atoms with van der Waals surface area (Å²) in [5.41, 5.74) is 5.10. The molecule has 0 radical (unpaired) electrons. The van der Waals surface area contributed by atoms with Gasteiger partial charge in [-0.25, -0.2) is 0 Å². The van der Waals surface area contributed by atoms with E-state index >= 15 is 0 Å². The van der Waals surface area contributed by atoms with Crippen LogP contribution < -0.4 is 16.0 Å². The lowest BCUT2D eigenvalue weighted by atomic mass is 10.0. The topological polar surface area (TPSA) is 106 Å². The van der Waals surface area contributed by atoms with E-state index in [1.165, 1.54) is 5.56 Å². The van der Waals surface area contributed by atoms with Gasteiger partial charge in [-0.05, 0) is 53.1 Å². The van der Waals surface area contributed by atoms with Crippen LogP contribution in [0.15, 0.2) is 97.3 Å². The normalized spacial score (nSPS) is 12.9. The molecule has 0 amide bonds. The van der Waals surface area contributed by atoms with Crippen LogP contribution in [0.1, 0.15) is 34.2 Å². The molecule has 0 bridgehead atoms. The number of benzene rings is 2. The molecule has 2 aromatic carbocycles. The van der Waals surface area contributed by atoms with Gasteiger partial charge in [-0.2, -0.15) is 0 Å². The Kier molecular flexibility index (Phi) is 13.4. The highest BCUT2D eigenvalue weighted by molar-refractivity contribution is 6.30. The summed E-state index contributed by atoms with van der Waals surface area (Å²) in [5, 5.41) is 31.5. The highest BCUT2D eigenvalue weighted by atomic mass is 35.5. The van der Waals surface area contributed by atoms with E-state index in [2.05, 4.69) is 55.1 Å². The van der Waals surface area contributed by atoms with Crippen LogP contribution in [0, 0.1) is 0 Å². The molecule has 2 atom stereocenters. The molecule has 2 heterocycles. The van der Waals surface area contributed by atoms with Crippen molar-refractivity contribution in [3.05, 3.63) is 130 Å². The van der Waals surface area contributed by atoms with Crippen LogP contribution in [-0.2, 0) is 26.2 Å². The summed E-state index contributed by atoms with van der Waals surface area (Å²) in [4.78, 5) is 11.2. The molecule has 5 N–H and O–H groups in total. The van der Waals surface area contributed by atoms with E-state index in [9.17, 15) is 10.2 Å². The van der Waals surface area contributed by atoms with Gasteiger partial charge in [0.05, 0.1) is 30.1 Å². The summed E-state index contributed by atoms with van der Waals surface area (Å²) < 4.78 is 0.